The molecule has 1 rings (SSSR count). The van der Waals surface area contributed by atoms with Gasteiger partial charge in [0.05, 0.1) is 6.54 Å². The Kier molecular flexibility index (Phi) is 7.62. The van der Waals surface area contributed by atoms with Gasteiger partial charge < -0.3 is 10.4 Å². The fourth-order valence-electron chi connectivity index (χ4n) is 1.80. The number of nitrogens with zero attached hydrogens (tertiary/aromatic N) is 1. The van der Waals surface area contributed by atoms with E-state index in [1.54, 1.807) is 0 Å². The van der Waals surface area contributed by atoms with Gasteiger partial charge in [-0.05, 0) is 44.3 Å². The number of rotatable bonds is 9. The summed E-state index contributed by atoms with van der Waals surface area (Å²) in [5.41, 5.74) is 1.36. The van der Waals surface area contributed by atoms with E-state index in [9.17, 15) is 4.79 Å². The quantitative estimate of drug-likeness (QED) is 0.364. The van der Waals surface area contributed by atoms with Crippen molar-refractivity contribution in [1.29, 1.82) is 0 Å². The van der Waals surface area contributed by atoms with Crippen LogP contribution in [0.4, 0.5) is 4.79 Å². The molecule has 0 atom stereocenters. The van der Waals surface area contributed by atoms with Gasteiger partial charge in [0, 0.05) is 0 Å². The molecule has 0 unspecified atom stereocenters. The molecule has 0 fully saturated rings. The second-order valence-electron chi connectivity index (χ2n) is 4.45. The molecule has 0 aliphatic carbocycles. The molecule has 1 aromatic rings. The summed E-state index contributed by atoms with van der Waals surface area (Å²) in [7, 11) is 0. The second kappa shape index (κ2) is 9.35. The van der Waals surface area contributed by atoms with E-state index < -0.39 is 6.09 Å². The number of hydrogen-bond donors (Lipinski definition) is 3. The Bertz CT molecular complexity index is 357. The van der Waals surface area contributed by atoms with Crippen molar-refractivity contribution in [3.05, 3.63) is 35.9 Å². The van der Waals surface area contributed by atoms with Gasteiger partial charge in [-0.15, -0.1) is 0 Å². The summed E-state index contributed by atoms with van der Waals surface area (Å²) in [5.74, 6) is 0. The van der Waals surface area contributed by atoms with E-state index in [-0.39, 0.29) is 6.54 Å². The zero-order valence-corrected chi connectivity index (χ0v) is 11.1. The van der Waals surface area contributed by atoms with Crippen molar-refractivity contribution in [3.63, 3.8) is 0 Å². The number of amides is 1. The number of carboxylic acid groups (broad SMARTS) is 1. The lowest BCUT2D eigenvalue weighted by Crippen LogP contribution is -2.29. The van der Waals surface area contributed by atoms with Crippen LogP contribution >= 0.6 is 0 Å². The van der Waals surface area contributed by atoms with E-state index in [1.807, 2.05) is 6.07 Å². The molecule has 1 aromatic carbocycles. The Morgan fingerprint density at radius 2 is 1.79 bits per heavy atom. The van der Waals surface area contributed by atoms with Crippen LogP contribution < -0.4 is 5.32 Å². The minimum Gasteiger partial charge on any atom is -0.463 e. The first-order valence-electron chi connectivity index (χ1n) is 6.64. The highest BCUT2D eigenvalue weighted by Gasteiger charge is 2.05. The molecule has 0 heterocycles. The molecule has 0 saturated carbocycles. The van der Waals surface area contributed by atoms with E-state index >= 15 is 0 Å². The highest BCUT2D eigenvalue weighted by atomic mass is 16.6. The maximum absolute atomic E-state index is 10.3. The zero-order chi connectivity index (χ0) is 13.9. The Morgan fingerprint density at radius 3 is 2.47 bits per heavy atom. The van der Waals surface area contributed by atoms with Crippen LogP contribution in [0.5, 0.6) is 0 Å². The van der Waals surface area contributed by atoms with Crippen molar-refractivity contribution >= 4 is 6.09 Å². The minimum atomic E-state index is -1.30. The van der Waals surface area contributed by atoms with Crippen LogP contribution in [0.25, 0.3) is 0 Å². The van der Waals surface area contributed by atoms with Crippen LogP contribution in [0, 0.1) is 0 Å². The molecule has 0 spiro atoms. The summed E-state index contributed by atoms with van der Waals surface area (Å²) in [6.07, 6.45) is 2.63. The molecule has 106 valence electrons. The second-order valence-corrected chi connectivity index (χ2v) is 4.45. The molecule has 0 saturated heterocycles. The Labute approximate surface area is 113 Å². The SMILES string of the molecule is O=C(O)N(O)CCCNCCCCc1ccccc1. The lowest BCUT2D eigenvalue weighted by atomic mass is 10.1. The highest BCUT2D eigenvalue weighted by Crippen LogP contribution is 2.03. The van der Waals surface area contributed by atoms with Gasteiger partial charge in [-0.2, -0.15) is 5.06 Å². The zero-order valence-electron chi connectivity index (χ0n) is 11.1. The third-order valence-corrected chi connectivity index (χ3v) is 2.86. The molecule has 0 aliphatic rings. The lowest BCUT2D eigenvalue weighted by Gasteiger charge is -2.10. The first-order valence-corrected chi connectivity index (χ1v) is 6.64. The molecular formula is C14H22N2O3. The number of hydrogen-bond acceptors (Lipinski definition) is 3. The van der Waals surface area contributed by atoms with E-state index in [1.165, 1.54) is 5.56 Å². The van der Waals surface area contributed by atoms with Crippen LogP contribution in [-0.4, -0.2) is 41.1 Å². The largest absolute Gasteiger partial charge is 0.463 e. The van der Waals surface area contributed by atoms with E-state index in [0.717, 1.165) is 32.4 Å². The first-order chi connectivity index (χ1) is 9.20. The third kappa shape index (κ3) is 7.43. The molecule has 19 heavy (non-hydrogen) atoms. The highest BCUT2D eigenvalue weighted by molar-refractivity contribution is 5.63. The minimum absolute atomic E-state index is 0.145. The fraction of sp³-hybridized carbons (Fsp3) is 0.500. The molecule has 0 radical (unpaired) electrons. The van der Waals surface area contributed by atoms with Gasteiger partial charge in [-0.25, -0.2) is 4.79 Å². The molecule has 3 N–H and O–H groups in total. The summed E-state index contributed by atoms with van der Waals surface area (Å²) in [6.45, 7) is 1.79. The van der Waals surface area contributed by atoms with Gasteiger partial charge in [-0.1, -0.05) is 30.3 Å². The van der Waals surface area contributed by atoms with Gasteiger partial charge in [0.2, 0.25) is 0 Å². The van der Waals surface area contributed by atoms with Crippen LogP contribution in [0.3, 0.4) is 0 Å². The van der Waals surface area contributed by atoms with E-state index in [2.05, 4.69) is 29.6 Å². The topological polar surface area (TPSA) is 72.8 Å². The van der Waals surface area contributed by atoms with Crippen molar-refractivity contribution in [2.24, 2.45) is 0 Å². The number of unbranched alkanes of at least 4 members (excludes halogenated alkanes) is 1. The van der Waals surface area contributed by atoms with E-state index in [4.69, 9.17) is 10.3 Å². The fourth-order valence-corrected chi connectivity index (χ4v) is 1.80. The third-order valence-electron chi connectivity index (χ3n) is 2.86. The van der Waals surface area contributed by atoms with Crippen molar-refractivity contribution in [2.75, 3.05) is 19.6 Å². The number of benzene rings is 1. The number of hydroxylamine groups is 2. The van der Waals surface area contributed by atoms with Gasteiger partial charge in [0.25, 0.3) is 0 Å². The van der Waals surface area contributed by atoms with Crippen LogP contribution in [-0.2, 0) is 6.42 Å². The summed E-state index contributed by atoms with van der Waals surface area (Å²) in [6, 6.07) is 10.4. The molecule has 5 nitrogen and oxygen atoms in total. The van der Waals surface area contributed by atoms with Crippen molar-refractivity contribution in [3.8, 4) is 0 Å². The molecule has 1 amide bonds. The first kappa shape index (κ1) is 15.5. The summed E-state index contributed by atoms with van der Waals surface area (Å²) >= 11 is 0. The lowest BCUT2D eigenvalue weighted by molar-refractivity contribution is -0.0640. The normalized spacial score (nSPS) is 10.4. The molecule has 5 heteroatoms. The summed E-state index contributed by atoms with van der Waals surface area (Å²) in [5, 5.41) is 20.9. The molecule has 0 bridgehead atoms. The average molecular weight is 266 g/mol. The summed E-state index contributed by atoms with van der Waals surface area (Å²) < 4.78 is 0. The van der Waals surface area contributed by atoms with Crippen molar-refractivity contribution in [2.45, 2.75) is 25.7 Å². The van der Waals surface area contributed by atoms with Gasteiger partial charge in [0.1, 0.15) is 0 Å². The maximum Gasteiger partial charge on any atom is 0.431 e. The van der Waals surface area contributed by atoms with Crippen LogP contribution in [0.2, 0.25) is 0 Å². The molecular weight excluding hydrogens is 244 g/mol. The Hall–Kier alpha value is -1.59. The van der Waals surface area contributed by atoms with E-state index in [0.29, 0.717) is 11.5 Å². The monoisotopic (exact) mass is 266 g/mol. The number of nitrogens with one attached hydrogen (secondary N) is 1. The predicted octanol–water partition coefficient (Wildman–Crippen LogP) is 2.36. The maximum atomic E-state index is 10.3. The van der Waals surface area contributed by atoms with Crippen molar-refractivity contribution < 1.29 is 15.1 Å². The number of carbonyl (C=O) groups is 1. The molecule has 0 aromatic heterocycles. The Morgan fingerprint density at radius 1 is 1.11 bits per heavy atom. The standard InChI is InChI=1S/C14H22N2O3/c17-14(18)16(19)12-6-11-15-10-5-4-9-13-7-2-1-3-8-13/h1-3,7-8,15,19H,4-6,9-12H2,(H,17,18). The average Bonchev–Trinajstić information content (AvgIpc) is 2.42. The molecule has 0 aliphatic heterocycles. The van der Waals surface area contributed by atoms with Gasteiger partial charge in [0.15, 0.2) is 0 Å². The van der Waals surface area contributed by atoms with Gasteiger partial charge >= 0.3 is 6.09 Å². The van der Waals surface area contributed by atoms with Crippen LogP contribution in [0.1, 0.15) is 24.8 Å². The number of aryl methyl sites for hydroxylation is 1. The van der Waals surface area contributed by atoms with Crippen molar-refractivity contribution in [1.82, 2.24) is 10.4 Å². The summed E-state index contributed by atoms with van der Waals surface area (Å²) in [4.78, 5) is 10.3. The predicted molar refractivity (Wildman–Crippen MR) is 73.4 cm³/mol. The smallest absolute Gasteiger partial charge is 0.431 e. The van der Waals surface area contributed by atoms with Gasteiger partial charge in [-0.3, -0.25) is 5.21 Å². The Balaban J connectivity index is 1.90. The van der Waals surface area contributed by atoms with Crippen LogP contribution in [0.15, 0.2) is 30.3 Å².